The maximum atomic E-state index is 13.0. The van der Waals surface area contributed by atoms with Crippen LogP contribution in [0, 0.1) is 5.82 Å². The van der Waals surface area contributed by atoms with Gasteiger partial charge < -0.3 is 10.4 Å². The van der Waals surface area contributed by atoms with Gasteiger partial charge in [0.2, 0.25) is 5.91 Å². The third-order valence-electron chi connectivity index (χ3n) is 3.76. The number of amides is 2. The van der Waals surface area contributed by atoms with Crippen molar-refractivity contribution in [3.05, 3.63) is 40.6 Å². The van der Waals surface area contributed by atoms with Gasteiger partial charge in [-0.3, -0.25) is 19.3 Å². The number of halogens is 1. The Kier molecular flexibility index (Phi) is 7.93. The normalized spacial score (nSPS) is 15.4. The number of nitrogens with one attached hydrogen (secondary N) is 1. The fourth-order valence-electron chi connectivity index (χ4n) is 2.40. The van der Waals surface area contributed by atoms with Crippen LogP contribution in [0.3, 0.4) is 0 Å². The molecular weight excluding hydrogens is 391 g/mol. The fraction of sp³-hybridized carbons (Fsp3) is 0.333. The summed E-state index contributed by atoms with van der Waals surface area (Å²) in [4.78, 5) is 36.3. The van der Waals surface area contributed by atoms with Gasteiger partial charge in [0.25, 0.3) is 5.91 Å². The van der Waals surface area contributed by atoms with Gasteiger partial charge in [-0.1, -0.05) is 42.5 Å². The lowest BCUT2D eigenvalue weighted by Gasteiger charge is -2.14. The van der Waals surface area contributed by atoms with Crippen molar-refractivity contribution in [2.24, 2.45) is 0 Å². The number of hydrogen-bond acceptors (Lipinski definition) is 5. The molecule has 1 saturated heterocycles. The van der Waals surface area contributed by atoms with Crippen LogP contribution >= 0.6 is 24.0 Å². The molecule has 144 valence electrons. The van der Waals surface area contributed by atoms with E-state index in [1.165, 1.54) is 28.8 Å². The second kappa shape index (κ2) is 10.2. The summed E-state index contributed by atoms with van der Waals surface area (Å²) in [5.74, 6) is -1.89. The van der Waals surface area contributed by atoms with Crippen molar-refractivity contribution in [3.63, 3.8) is 0 Å². The predicted molar refractivity (Wildman–Crippen MR) is 105 cm³/mol. The highest BCUT2D eigenvalue weighted by atomic mass is 32.2. The molecule has 0 aromatic heterocycles. The van der Waals surface area contributed by atoms with E-state index in [1.807, 2.05) is 0 Å². The first kappa shape index (κ1) is 21.0. The molecule has 0 unspecified atom stereocenters. The third-order valence-corrected chi connectivity index (χ3v) is 5.14. The smallest absolute Gasteiger partial charge is 0.322 e. The zero-order valence-corrected chi connectivity index (χ0v) is 16.1. The molecule has 6 nitrogen and oxygen atoms in total. The Labute approximate surface area is 165 Å². The van der Waals surface area contributed by atoms with E-state index in [9.17, 15) is 18.8 Å². The largest absolute Gasteiger partial charge is 0.480 e. The summed E-state index contributed by atoms with van der Waals surface area (Å²) in [5.41, 5.74) is 0.726. The molecule has 0 aliphatic carbocycles. The monoisotopic (exact) mass is 410 g/mol. The van der Waals surface area contributed by atoms with Crippen LogP contribution in [0.4, 0.5) is 4.39 Å². The fourth-order valence-corrected chi connectivity index (χ4v) is 3.71. The van der Waals surface area contributed by atoms with Crippen LogP contribution in [-0.4, -0.2) is 45.2 Å². The number of carboxylic acid groups (broad SMARTS) is 1. The Balaban J connectivity index is 1.76. The number of carboxylic acids is 1. The van der Waals surface area contributed by atoms with Crippen LogP contribution in [0.2, 0.25) is 0 Å². The first-order valence-corrected chi connectivity index (χ1v) is 9.58. The van der Waals surface area contributed by atoms with Crippen LogP contribution < -0.4 is 5.32 Å². The highest BCUT2D eigenvalue weighted by Crippen LogP contribution is 2.32. The average molecular weight is 410 g/mol. The molecule has 0 atom stereocenters. The van der Waals surface area contributed by atoms with Crippen LogP contribution in [0.25, 0.3) is 6.08 Å². The first-order chi connectivity index (χ1) is 12.9. The number of unbranched alkanes of at least 4 members (excludes halogenated alkanes) is 2. The zero-order chi connectivity index (χ0) is 19.8. The van der Waals surface area contributed by atoms with Crippen LogP contribution in [0.1, 0.15) is 31.2 Å². The summed E-state index contributed by atoms with van der Waals surface area (Å²) in [6.07, 6.45) is 3.93. The second-order valence-corrected chi connectivity index (χ2v) is 7.54. The second-order valence-electron chi connectivity index (χ2n) is 5.87. The number of carbonyl (C=O) groups excluding carboxylic acids is 2. The average Bonchev–Trinajstić information content (AvgIpc) is 2.88. The lowest BCUT2D eigenvalue weighted by molar-refractivity contribution is -0.137. The summed E-state index contributed by atoms with van der Waals surface area (Å²) < 4.78 is 13.4. The molecule has 0 radical (unpaired) electrons. The molecule has 1 aliphatic rings. The Morgan fingerprint density at radius 3 is 2.59 bits per heavy atom. The van der Waals surface area contributed by atoms with E-state index >= 15 is 0 Å². The Morgan fingerprint density at radius 2 is 1.93 bits per heavy atom. The molecule has 0 spiro atoms. The highest BCUT2D eigenvalue weighted by Gasteiger charge is 2.31. The van der Waals surface area contributed by atoms with Crippen molar-refractivity contribution in [1.29, 1.82) is 0 Å². The van der Waals surface area contributed by atoms with Gasteiger partial charge >= 0.3 is 5.97 Å². The maximum Gasteiger partial charge on any atom is 0.322 e. The Bertz CT molecular complexity index is 765. The van der Waals surface area contributed by atoms with Gasteiger partial charge in [-0.25, -0.2) is 4.39 Å². The maximum absolute atomic E-state index is 13.0. The number of thioether (sulfide) groups is 1. The van der Waals surface area contributed by atoms with Crippen molar-refractivity contribution in [1.82, 2.24) is 10.2 Å². The zero-order valence-electron chi connectivity index (χ0n) is 14.4. The number of aliphatic carboxylic acids is 1. The van der Waals surface area contributed by atoms with E-state index < -0.39 is 5.97 Å². The molecule has 1 heterocycles. The van der Waals surface area contributed by atoms with Gasteiger partial charge in [-0.05, 0) is 36.6 Å². The number of rotatable bonds is 9. The Hall–Kier alpha value is -2.26. The standard InChI is InChI=1S/C18H19FN2O4S2/c19-13-7-5-12(6-8-13)10-14-17(25)21(18(26)27-14)9-3-1-2-4-15(22)20-11-16(23)24/h5-8,10H,1-4,9,11H2,(H,20,22)(H,23,24)/b14-10-. The quantitative estimate of drug-likeness (QED) is 0.370. The van der Waals surface area contributed by atoms with Crippen LogP contribution in [-0.2, 0) is 14.4 Å². The minimum absolute atomic E-state index is 0.173. The molecule has 0 saturated carbocycles. The van der Waals surface area contributed by atoms with Gasteiger partial charge in [0.05, 0.1) is 4.91 Å². The molecule has 9 heteroatoms. The lowest BCUT2D eigenvalue weighted by Crippen LogP contribution is -2.29. The van der Waals surface area contributed by atoms with Gasteiger partial charge in [0, 0.05) is 13.0 Å². The van der Waals surface area contributed by atoms with Crippen LogP contribution in [0.15, 0.2) is 29.2 Å². The summed E-state index contributed by atoms with van der Waals surface area (Å²) in [7, 11) is 0. The third kappa shape index (κ3) is 6.76. The summed E-state index contributed by atoms with van der Waals surface area (Å²) in [5, 5.41) is 10.8. The number of hydrogen-bond donors (Lipinski definition) is 2. The molecule has 27 heavy (non-hydrogen) atoms. The van der Waals surface area contributed by atoms with Crippen molar-refractivity contribution in [2.45, 2.75) is 25.7 Å². The summed E-state index contributed by atoms with van der Waals surface area (Å²) in [6.45, 7) is 0.0813. The molecule has 1 fully saturated rings. The van der Waals surface area contributed by atoms with Gasteiger partial charge in [0.15, 0.2) is 0 Å². The van der Waals surface area contributed by atoms with E-state index in [-0.39, 0.29) is 30.6 Å². The first-order valence-electron chi connectivity index (χ1n) is 8.36. The number of thiocarbonyl (C=S) groups is 1. The molecule has 2 N–H and O–H groups in total. The van der Waals surface area contributed by atoms with Gasteiger partial charge in [-0.15, -0.1) is 0 Å². The minimum atomic E-state index is -1.08. The highest BCUT2D eigenvalue weighted by molar-refractivity contribution is 8.26. The topological polar surface area (TPSA) is 86.7 Å². The predicted octanol–water partition coefficient (Wildman–Crippen LogP) is 2.79. The van der Waals surface area contributed by atoms with Crippen molar-refractivity contribution in [2.75, 3.05) is 13.1 Å². The molecule has 0 bridgehead atoms. The summed E-state index contributed by atoms with van der Waals surface area (Å²) in [6, 6.07) is 5.85. The molecule has 2 amide bonds. The Morgan fingerprint density at radius 1 is 1.22 bits per heavy atom. The van der Waals surface area contributed by atoms with Gasteiger partial charge in [-0.2, -0.15) is 0 Å². The van der Waals surface area contributed by atoms with E-state index in [0.717, 1.165) is 5.56 Å². The van der Waals surface area contributed by atoms with E-state index in [0.29, 0.717) is 35.0 Å². The molecular formula is C18H19FN2O4S2. The van der Waals surface area contributed by atoms with E-state index in [4.69, 9.17) is 17.3 Å². The number of nitrogens with zero attached hydrogens (tertiary/aromatic N) is 1. The van der Waals surface area contributed by atoms with Crippen molar-refractivity contribution < 1.29 is 23.9 Å². The van der Waals surface area contributed by atoms with Crippen molar-refractivity contribution >= 4 is 52.2 Å². The molecule has 1 aliphatic heterocycles. The van der Waals surface area contributed by atoms with Crippen molar-refractivity contribution in [3.8, 4) is 0 Å². The summed E-state index contributed by atoms with van der Waals surface area (Å²) >= 11 is 6.47. The lowest BCUT2D eigenvalue weighted by atomic mass is 10.1. The molecule has 1 aromatic carbocycles. The van der Waals surface area contributed by atoms with Gasteiger partial charge in [0.1, 0.15) is 16.7 Å². The SMILES string of the molecule is O=C(O)CNC(=O)CCCCCN1C(=O)/C(=C/c2ccc(F)cc2)SC1=S. The van der Waals surface area contributed by atoms with E-state index in [1.54, 1.807) is 18.2 Å². The number of carbonyl (C=O) groups is 3. The van der Waals surface area contributed by atoms with Crippen LogP contribution in [0.5, 0.6) is 0 Å². The molecule has 1 aromatic rings. The number of benzene rings is 1. The molecule has 2 rings (SSSR count). The minimum Gasteiger partial charge on any atom is -0.480 e. The van der Waals surface area contributed by atoms with E-state index in [2.05, 4.69) is 5.32 Å².